The van der Waals surface area contributed by atoms with Crippen molar-refractivity contribution in [3.8, 4) is 34.1 Å². The molecule has 4 rings (SSSR count). The summed E-state index contributed by atoms with van der Waals surface area (Å²) in [4.78, 5) is 13.9. The van der Waals surface area contributed by atoms with E-state index in [-0.39, 0.29) is 5.43 Å². The van der Waals surface area contributed by atoms with Crippen LogP contribution in [0.3, 0.4) is 0 Å². The average molecular weight is 463 g/mol. The van der Waals surface area contributed by atoms with Crippen molar-refractivity contribution in [3.63, 3.8) is 0 Å². The molecule has 2 aromatic carbocycles. The maximum atomic E-state index is 13.9. The van der Waals surface area contributed by atoms with E-state index >= 15 is 0 Å². The van der Waals surface area contributed by atoms with E-state index in [2.05, 4.69) is 6.08 Å². The Bertz CT molecular complexity index is 1370. The summed E-state index contributed by atoms with van der Waals surface area (Å²) in [6, 6.07) is 5.33. The third-order valence-corrected chi connectivity index (χ3v) is 5.89. The Morgan fingerprint density at radius 1 is 1.06 bits per heavy atom. The van der Waals surface area contributed by atoms with Gasteiger partial charge in [0, 0.05) is 5.56 Å². The summed E-state index contributed by atoms with van der Waals surface area (Å²) in [7, 11) is 4.70. The van der Waals surface area contributed by atoms with Crippen LogP contribution in [0.4, 0.5) is 0 Å². The third kappa shape index (κ3) is 4.04. The van der Waals surface area contributed by atoms with Crippen LogP contribution in [0.15, 0.2) is 51.4 Å². The smallest absolute Gasteiger partial charge is 0.204 e. The van der Waals surface area contributed by atoms with Crippen molar-refractivity contribution in [2.75, 3.05) is 21.3 Å². The summed E-state index contributed by atoms with van der Waals surface area (Å²) >= 11 is 0. The predicted molar refractivity (Wildman–Crippen MR) is 134 cm³/mol. The monoisotopic (exact) mass is 462 g/mol. The SMILES string of the molecule is COc1ccc(-c2coc3c4c(c(CC=C(C)C)c(OC)c3c2=O)OC(C)(C)C=C4)cc1OC. The van der Waals surface area contributed by atoms with Gasteiger partial charge in [-0.3, -0.25) is 4.79 Å². The van der Waals surface area contributed by atoms with Gasteiger partial charge >= 0.3 is 0 Å². The maximum Gasteiger partial charge on any atom is 0.204 e. The minimum absolute atomic E-state index is 0.190. The highest BCUT2D eigenvalue weighted by Crippen LogP contribution is 2.45. The maximum absolute atomic E-state index is 13.9. The summed E-state index contributed by atoms with van der Waals surface area (Å²) in [5.74, 6) is 2.25. The van der Waals surface area contributed by atoms with Gasteiger partial charge in [0.25, 0.3) is 0 Å². The molecule has 6 heteroatoms. The molecule has 0 spiro atoms. The van der Waals surface area contributed by atoms with Gasteiger partial charge in [-0.15, -0.1) is 0 Å². The van der Waals surface area contributed by atoms with E-state index in [0.29, 0.717) is 51.5 Å². The molecule has 0 unspecified atom stereocenters. The average Bonchev–Trinajstić information content (AvgIpc) is 2.81. The van der Waals surface area contributed by atoms with Gasteiger partial charge in [0.1, 0.15) is 28.7 Å². The molecule has 1 aromatic heterocycles. The van der Waals surface area contributed by atoms with Gasteiger partial charge in [-0.2, -0.15) is 0 Å². The quantitative estimate of drug-likeness (QED) is 0.408. The standard InChI is InChI=1S/C28H30O6/c1-16(2)8-10-18-25-19(12-13-28(3,4)34-25)27-23(26(18)32-7)24(29)20(15-33-27)17-9-11-21(30-5)22(14-17)31-6/h8-9,11-15H,10H2,1-7H3. The van der Waals surface area contributed by atoms with Crippen LogP contribution in [0, 0.1) is 0 Å². The van der Waals surface area contributed by atoms with Gasteiger partial charge in [-0.05, 0) is 64.0 Å². The molecular weight excluding hydrogens is 432 g/mol. The zero-order valence-electron chi connectivity index (χ0n) is 20.7. The van der Waals surface area contributed by atoms with E-state index in [4.69, 9.17) is 23.4 Å². The molecule has 0 N–H and O–H groups in total. The largest absolute Gasteiger partial charge is 0.495 e. The van der Waals surface area contributed by atoms with Crippen molar-refractivity contribution in [1.82, 2.24) is 0 Å². The van der Waals surface area contributed by atoms with Crippen LogP contribution < -0.4 is 24.4 Å². The second-order valence-corrected chi connectivity index (χ2v) is 9.03. The first-order valence-corrected chi connectivity index (χ1v) is 11.1. The number of benzene rings is 2. The fraction of sp³-hybridized carbons (Fsp3) is 0.321. The summed E-state index contributed by atoms with van der Waals surface area (Å²) < 4.78 is 29.0. The lowest BCUT2D eigenvalue weighted by Crippen LogP contribution is -2.28. The topological polar surface area (TPSA) is 67.1 Å². The molecule has 0 fully saturated rings. The second-order valence-electron chi connectivity index (χ2n) is 9.03. The van der Waals surface area contributed by atoms with E-state index in [1.165, 1.54) is 6.26 Å². The van der Waals surface area contributed by atoms with Gasteiger partial charge in [0.05, 0.1) is 32.5 Å². The van der Waals surface area contributed by atoms with Crippen LogP contribution in [0.2, 0.25) is 0 Å². The lowest BCUT2D eigenvalue weighted by molar-refractivity contribution is 0.157. The lowest BCUT2D eigenvalue weighted by Gasteiger charge is -2.30. The summed E-state index contributed by atoms with van der Waals surface area (Å²) in [5.41, 5.74) is 3.54. The van der Waals surface area contributed by atoms with Gasteiger partial charge < -0.3 is 23.4 Å². The van der Waals surface area contributed by atoms with Crippen molar-refractivity contribution >= 4 is 17.0 Å². The van der Waals surface area contributed by atoms with Crippen LogP contribution >= 0.6 is 0 Å². The number of hydrogen-bond donors (Lipinski definition) is 0. The molecule has 34 heavy (non-hydrogen) atoms. The van der Waals surface area contributed by atoms with Crippen LogP contribution in [-0.4, -0.2) is 26.9 Å². The van der Waals surface area contributed by atoms with Crippen LogP contribution in [0.25, 0.3) is 28.2 Å². The molecule has 178 valence electrons. The molecule has 0 radical (unpaired) electrons. The van der Waals surface area contributed by atoms with Crippen LogP contribution in [-0.2, 0) is 6.42 Å². The number of ether oxygens (including phenoxy) is 4. The van der Waals surface area contributed by atoms with E-state index in [9.17, 15) is 4.79 Å². The Hall–Kier alpha value is -3.67. The van der Waals surface area contributed by atoms with Gasteiger partial charge in [0.15, 0.2) is 17.1 Å². The Labute approximate surface area is 199 Å². The zero-order chi connectivity index (χ0) is 24.6. The zero-order valence-corrected chi connectivity index (χ0v) is 20.7. The first-order chi connectivity index (χ1) is 16.2. The minimum Gasteiger partial charge on any atom is -0.495 e. The van der Waals surface area contributed by atoms with Crippen LogP contribution in [0.1, 0.15) is 38.8 Å². The Kier molecular flexibility index (Phi) is 6.17. The number of methoxy groups -OCH3 is 3. The van der Waals surface area contributed by atoms with Crippen molar-refractivity contribution in [2.45, 2.75) is 39.7 Å². The number of rotatable bonds is 6. The highest BCUT2D eigenvalue weighted by atomic mass is 16.5. The molecule has 0 saturated heterocycles. The third-order valence-electron chi connectivity index (χ3n) is 5.89. The van der Waals surface area contributed by atoms with Gasteiger partial charge in [0.2, 0.25) is 5.43 Å². The molecular formula is C28H30O6. The first kappa shape index (κ1) is 23.5. The second kappa shape index (κ2) is 8.93. The summed E-state index contributed by atoms with van der Waals surface area (Å²) in [6.07, 6.45) is 8.07. The van der Waals surface area contributed by atoms with Crippen molar-refractivity contribution in [2.24, 2.45) is 0 Å². The predicted octanol–water partition coefficient (Wildman–Crippen LogP) is 6.18. The normalized spacial score (nSPS) is 13.7. The summed E-state index contributed by atoms with van der Waals surface area (Å²) in [6.45, 7) is 8.05. The lowest BCUT2D eigenvalue weighted by atomic mass is 9.93. The number of allylic oxidation sites excluding steroid dienone is 2. The Morgan fingerprint density at radius 2 is 1.79 bits per heavy atom. The molecule has 3 aromatic rings. The molecule has 6 nitrogen and oxygen atoms in total. The van der Waals surface area contributed by atoms with Crippen molar-refractivity contribution < 1.29 is 23.4 Å². The van der Waals surface area contributed by atoms with E-state index in [1.54, 1.807) is 39.5 Å². The van der Waals surface area contributed by atoms with E-state index < -0.39 is 5.60 Å². The molecule has 0 amide bonds. The van der Waals surface area contributed by atoms with Crippen molar-refractivity contribution in [1.29, 1.82) is 0 Å². The molecule has 0 saturated carbocycles. The Morgan fingerprint density at radius 3 is 2.44 bits per heavy atom. The highest BCUT2D eigenvalue weighted by molar-refractivity contribution is 5.97. The molecule has 1 aliphatic heterocycles. The minimum atomic E-state index is -0.495. The molecule has 0 aliphatic carbocycles. The molecule has 0 bridgehead atoms. The van der Waals surface area contributed by atoms with Crippen molar-refractivity contribution in [3.05, 3.63) is 63.5 Å². The summed E-state index contributed by atoms with van der Waals surface area (Å²) in [5, 5.41) is 0.388. The molecule has 1 aliphatic rings. The fourth-order valence-electron chi connectivity index (χ4n) is 4.16. The van der Waals surface area contributed by atoms with E-state index in [1.807, 2.05) is 39.8 Å². The number of hydrogen-bond acceptors (Lipinski definition) is 6. The molecule has 2 heterocycles. The first-order valence-electron chi connectivity index (χ1n) is 11.1. The highest BCUT2D eigenvalue weighted by Gasteiger charge is 2.31. The van der Waals surface area contributed by atoms with Gasteiger partial charge in [-0.25, -0.2) is 0 Å². The fourth-order valence-corrected chi connectivity index (χ4v) is 4.16. The van der Waals surface area contributed by atoms with E-state index in [0.717, 1.165) is 16.7 Å². The molecule has 0 atom stereocenters. The number of fused-ring (bicyclic) bond motifs is 3. The van der Waals surface area contributed by atoms with Gasteiger partial charge in [-0.1, -0.05) is 17.7 Å². The Balaban J connectivity index is 2.05. The van der Waals surface area contributed by atoms with Crippen LogP contribution in [0.5, 0.6) is 23.0 Å².